The Bertz CT molecular complexity index is 1640. The summed E-state index contributed by atoms with van der Waals surface area (Å²) >= 11 is 0. The van der Waals surface area contributed by atoms with Crippen LogP contribution in [0.1, 0.15) is 335 Å². The molecule has 0 saturated heterocycles. The van der Waals surface area contributed by atoms with E-state index in [-0.39, 0.29) is 31.1 Å². The van der Waals surface area contributed by atoms with Crippen LogP contribution < -0.4 is 0 Å². The predicted molar refractivity (Wildman–Crippen MR) is 357 cm³/mol. The molecule has 6 nitrogen and oxygen atoms in total. The summed E-state index contributed by atoms with van der Waals surface area (Å²) in [5.41, 5.74) is 0. The van der Waals surface area contributed by atoms with Crippen molar-refractivity contribution in [2.45, 2.75) is 341 Å². The first-order valence-electron chi connectivity index (χ1n) is 34.9. The Morgan fingerprint density at radius 3 is 0.744 bits per heavy atom. The quantitative estimate of drug-likeness (QED) is 0.0261. The fourth-order valence-electron chi connectivity index (χ4n) is 9.88. The molecule has 82 heavy (non-hydrogen) atoms. The van der Waals surface area contributed by atoms with Gasteiger partial charge in [-0.1, -0.05) is 323 Å². The highest BCUT2D eigenvalue weighted by Gasteiger charge is 2.19. The van der Waals surface area contributed by atoms with Gasteiger partial charge in [-0.2, -0.15) is 0 Å². The van der Waals surface area contributed by atoms with Crippen molar-refractivity contribution >= 4 is 17.9 Å². The number of rotatable bonds is 63. The highest BCUT2D eigenvalue weighted by molar-refractivity contribution is 5.71. The summed E-state index contributed by atoms with van der Waals surface area (Å²) in [5, 5.41) is 0. The molecule has 0 aromatic carbocycles. The Labute approximate surface area is 508 Å². The van der Waals surface area contributed by atoms with Crippen LogP contribution >= 0.6 is 0 Å². The molecule has 470 valence electrons. The standard InChI is InChI=1S/C76H130O6/c1-4-7-10-13-16-19-21-23-25-27-29-31-32-33-34-35-36-37-38-39-40-41-42-43-44-46-47-49-51-53-55-57-60-63-66-69-75(78)81-72-73(71-80-74(77)68-65-62-59-18-15-12-9-6-3)82-76(79)70-67-64-61-58-56-54-52-50-48-45-30-28-26-24-22-20-17-14-11-8-5-2/h7-8,10-11,16-17,19-20,23-26,29-31,45,50,52,73H,4-6,9,12-15,18,21-22,27-28,32-44,46-49,51,53-72H2,1-3H3/b10-7-,11-8-,19-16-,20-17-,25-23-,26-24-,31-29-,45-30-,52-50-. The van der Waals surface area contributed by atoms with Crippen LogP contribution in [0.4, 0.5) is 0 Å². The van der Waals surface area contributed by atoms with Gasteiger partial charge in [-0.15, -0.1) is 0 Å². The monoisotopic (exact) mass is 1140 g/mol. The van der Waals surface area contributed by atoms with Crippen molar-refractivity contribution in [2.75, 3.05) is 13.2 Å². The van der Waals surface area contributed by atoms with Crippen molar-refractivity contribution in [1.29, 1.82) is 0 Å². The molecule has 0 N–H and O–H groups in total. The van der Waals surface area contributed by atoms with Crippen molar-refractivity contribution < 1.29 is 28.6 Å². The van der Waals surface area contributed by atoms with Gasteiger partial charge in [-0.05, 0) is 103 Å². The lowest BCUT2D eigenvalue weighted by atomic mass is 10.0. The highest BCUT2D eigenvalue weighted by atomic mass is 16.6. The van der Waals surface area contributed by atoms with Crippen molar-refractivity contribution in [3.63, 3.8) is 0 Å². The molecule has 1 unspecified atom stereocenters. The second-order valence-electron chi connectivity index (χ2n) is 23.0. The topological polar surface area (TPSA) is 78.9 Å². The predicted octanol–water partition coefficient (Wildman–Crippen LogP) is 24.2. The number of carbonyl (C=O) groups is 3. The van der Waals surface area contributed by atoms with Gasteiger partial charge in [0, 0.05) is 19.3 Å². The van der Waals surface area contributed by atoms with Crippen LogP contribution in [0.15, 0.2) is 109 Å². The lowest BCUT2D eigenvalue weighted by molar-refractivity contribution is -0.167. The van der Waals surface area contributed by atoms with Crippen LogP contribution in [0.25, 0.3) is 0 Å². The van der Waals surface area contributed by atoms with E-state index in [1.54, 1.807) is 0 Å². The maximum Gasteiger partial charge on any atom is 0.306 e. The molecule has 0 spiro atoms. The normalized spacial score (nSPS) is 12.8. The van der Waals surface area contributed by atoms with Gasteiger partial charge in [0.05, 0.1) is 0 Å². The molecule has 0 saturated carbocycles. The number of hydrogen-bond acceptors (Lipinski definition) is 6. The third-order valence-corrected chi connectivity index (χ3v) is 15.0. The Balaban J connectivity index is 4.05. The summed E-state index contributed by atoms with van der Waals surface area (Å²) in [6.45, 7) is 6.40. The van der Waals surface area contributed by atoms with E-state index in [0.717, 1.165) is 135 Å². The van der Waals surface area contributed by atoms with E-state index >= 15 is 0 Å². The average molecular weight is 1140 g/mol. The molecular formula is C76H130O6. The minimum Gasteiger partial charge on any atom is -0.462 e. The van der Waals surface area contributed by atoms with E-state index in [1.165, 1.54) is 161 Å². The van der Waals surface area contributed by atoms with Crippen LogP contribution in [0.3, 0.4) is 0 Å². The number of allylic oxidation sites excluding steroid dienone is 18. The molecule has 0 aliphatic rings. The number of unbranched alkanes of at least 4 members (excludes halogenated alkanes) is 34. The van der Waals surface area contributed by atoms with E-state index in [1.807, 2.05) is 0 Å². The Kier molecular flexibility index (Phi) is 66.2. The Morgan fingerprint density at radius 2 is 0.476 bits per heavy atom. The highest BCUT2D eigenvalue weighted by Crippen LogP contribution is 2.17. The first-order valence-corrected chi connectivity index (χ1v) is 34.9. The molecule has 0 aromatic heterocycles. The molecule has 0 heterocycles. The number of hydrogen-bond donors (Lipinski definition) is 0. The molecule has 0 aliphatic heterocycles. The first-order chi connectivity index (χ1) is 40.5. The third-order valence-electron chi connectivity index (χ3n) is 15.0. The van der Waals surface area contributed by atoms with E-state index in [9.17, 15) is 14.4 Å². The maximum atomic E-state index is 12.9. The fraction of sp³-hybridized carbons (Fsp3) is 0.724. The fourth-order valence-corrected chi connectivity index (χ4v) is 9.88. The van der Waals surface area contributed by atoms with Crippen molar-refractivity contribution in [1.82, 2.24) is 0 Å². The molecule has 0 bridgehead atoms. The van der Waals surface area contributed by atoms with Gasteiger partial charge in [0.1, 0.15) is 13.2 Å². The van der Waals surface area contributed by atoms with Crippen LogP contribution in [0, 0.1) is 0 Å². The van der Waals surface area contributed by atoms with Crippen molar-refractivity contribution in [3.8, 4) is 0 Å². The van der Waals surface area contributed by atoms with Crippen molar-refractivity contribution in [2.24, 2.45) is 0 Å². The summed E-state index contributed by atoms with van der Waals surface area (Å²) in [6.07, 6.45) is 95.8. The SMILES string of the molecule is CC/C=C\C/C=C\C/C=C\C/C=C\C/C=C\CCCCCCCC(=O)OC(COC(=O)CCCCCCCCCC)COC(=O)CCCCCCCCCCCCCCCCCCCCCCCC/C=C\C/C=C\C/C=C\C/C=C\CC. The van der Waals surface area contributed by atoms with E-state index in [4.69, 9.17) is 14.2 Å². The molecule has 0 fully saturated rings. The maximum absolute atomic E-state index is 12.9. The molecule has 1 atom stereocenters. The van der Waals surface area contributed by atoms with Gasteiger partial charge in [-0.25, -0.2) is 0 Å². The van der Waals surface area contributed by atoms with Gasteiger partial charge in [0.15, 0.2) is 6.10 Å². The molecule has 0 rings (SSSR count). The molecule has 0 aliphatic carbocycles. The minimum atomic E-state index is -0.786. The van der Waals surface area contributed by atoms with Gasteiger partial charge in [-0.3, -0.25) is 14.4 Å². The van der Waals surface area contributed by atoms with Crippen LogP contribution in [-0.4, -0.2) is 37.2 Å². The molecule has 0 radical (unpaired) electrons. The second kappa shape index (κ2) is 69.6. The minimum absolute atomic E-state index is 0.0821. The molecule has 6 heteroatoms. The lowest BCUT2D eigenvalue weighted by Gasteiger charge is -2.18. The zero-order chi connectivity index (χ0) is 59.2. The Morgan fingerprint density at radius 1 is 0.256 bits per heavy atom. The average Bonchev–Trinajstić information content (AvgIpc) is 3.48. The van der Waals surface area contributed by atoms with Gasteiger partial charge in [0.25, 0.3) is 0 Å². The van der Waals surface area contributed by atoms with Crippen LogP contribution in [0.5, 0.6) is 0 Å². The molecule has 0 amide bonds. The summed E-state index contributed by atoms with van der Waals surface area (Å²) < 4.78 is 16.9. The summed E-state index contributed by atoms with van der Waals surface area (Å²) in [5.74, 6) is -0.893. The summed E-state index contributed by atoms with van der Waals surface area (Å²) in [6, 6.07) is 0. The zero-order valence-corrected chi connectivity index (χ0v) is 54.0. The van der Waals surface area contributed by atoms with Crippen LogP contribution in [0.2, 0.25) is 0 Å². The van der Waals surface area contributed by atoms with Gasteiger partial charge < -0.3 is 14.2 Å². The van der Waals surface area contributed by atoms with E-state index in [2.05, 4.69) is 130 Å². The number of ether oxygens (including phenoxy) is 3. The number of esters is 3. The van der Waals surface area contributed by atoms with Crippen LogP contribution in [-0.2, 0) is 28.6 Å². The largest absolute Gasteiger partial charge is 0.462 e. The second-order valence-corrected chi connectivity index (χ2v) is 23.0. The zero-order valence-electron chi connectivity index (χ0n) is 54.0. The lowest BCUT2D eigenvalue weighted by Crippen LogP contribution is -2.30. The van der Waals surface area contributed by atoms with Gasteiger partial charge >= 0.3 is 17.9 Å². The summed E-state index contributed by atoms with van der Waals surface area (Å²) in [7, 11) is 0. The summed E-state index contributed by atoms with van der Waals surface area (Å²) in [4.78, 5) is 38.2. The smallest absolute Gasteiger partial charge is 0.306 e. The van der Waals surface area contributed by atoms with Gasteiger partial charge in [0.2, 0.25) is 0 Å². The molecule has 0 aromatic rings. The number of carbonyl (C=O) groups excluding carboxylic acids is 3. The Hall–Kier alpha value is -3.93. The van der Waals surface area contributed by atoms with E-state index in [0.29, 0.717) is 19.3 Å². The molecular weight excluding hydrogens is 1010 g/mol. The first kappa shape index (κ1) is 78.1. The van der Waals surface area contributed by atoms with E-state index < -0.39 is 6.10 Å². The van der Waals surface area contributed by atoms with Crippen molar-refractivity contribution in [3.05, 3.63) is 109 Å². The third kappa shape index (κ3) is 66.9.